The van der Waals surface area contributed by atoms with Gasteiger partial charge in [-0.05, 0) is 17.8 Å². The molecular weight excluding hydrogens is 242 g/mol. The summed E-state index contributed by atoms with van der Waals surface area (Å²) in [5, 5.41) is 0. The van der Waals surface area contributed by atoms with Crippen molar-refractivity contribution < 1.29 is 14.3 Å². The molecule has 0 radical (unpaired) electrons. The molecule has 2 heterocycles. The smallest absolute Gasteiger partial charge is 0.306 e. The second-order valence-electron chi connectivity index (χ2n) is 6.65. The number of amides is 1. The normalized spacial score (nSPS) is 30.7. The predicted octanol–water partition coefficient (Wildman–Crippen LogP) is 2.08. The molecule has 0 saturated carbocycles. The number of hydrogen-bond donors (Lipinski definition) is 0. The van der Waals surface area contributed by atoms with Gasteiger partial charge in [-0.3, -0.25) is 9.59 Å². The van der Waals surface area contributed by atoms with Gasteiger partial charge in [-0.15, -0.1) is 0 Å². The first-order valence-electron chi connectivity index (χ1n) is 7.35. The Bertz CT molecular complexity index is 364. The monoisotopic (exact) mass is 267 g/mol. The fourth-order valence-electron chi connectivity index (χ4n) is 3.34. The Morgan fingerprint density at radius 1 is 1.32 bits per heavy atom. The lowest BCUT2D eigenvalue weighted by Crippen LogP contribution is -2.62. The standard InChI is InChI=1S/C15H25NO3/c1-9(2)12-7-16(15(12)10(3)4)13(17)5-11-6-14(18)19-8-11/h9-12,15H,5-8H2,1-4H3. The molecule has 3 atom stereocenters. The van der Waals surface area contributed by atoms with Crippen molar-refractivity contribution in [2.24, 2.45) is 23.7 Å². The zero-order chi connectivity index (χ0) is 14.2. The van der Waals surface area contributed by atoms with Crippen LogP contribution in [-0.4, -0.2) is 36.0 Å². The molecule has 0 aromatic heterocycles. The van der Waals surface area contributed by atoms with Crippen molar-refractivity contribution in [1.29, 1.82) is 0 Å². The van der Waals surface area contributed by atoms with Crippen molar-refractivity contribution in [2.75, 3.05) is 13.2 Å². The van der Waals surface area contributed by atoms with Gasteiger partial charge in [0.15, 0.2) is 0 Å². The van der Waals surface area contributed by atoms with Crippen LogP contribution in [0.4, 0.5) is 0 Å². The third kappa shape index (κ3) is 2.93. The Morgan fingerprint density at radius 3 is 2.47 bits per heavy atom. The van der Waals surface area contributed by atoms with Crippen LogP contribution in [0.1, 0.15) is 40.5 Å². The summed E-state index contributed by atoms with van der Waals surface area (Å²) >= 11 is 0. The van der Waals surface area contributed by atoms with Crippen molar-refractivity contribution in [3.05, 3.63) is 0 Å². The topological polar surface area (TPSA) is 46.6 Å². The lowest BCUT2D eigenvalue weighted by Gasteiger charge is -2.52. The Labute approximate surface area is 115 Å². The summed E-state index contributed by atoms with van der Waals surface area (Å²) in [6.07, 6.45) is 0.860. The molecule has 0 spiro atoms. The van der Waals surface area contributed by atoms with Gasteiger partial charge in [0, 0.05) is 24.9 Å². The molecule has 2 saturated heterocycles. The van der Waals surface area contributed by atoms with Crippen LogP contribution in [0, 0.1) is 23.7 Å². The summed E-state index contributed by atoms with van der Waals surface area (Å²) in [6.45, 7) is 10.1. The summed E-state index contributed by atoms with van der Waals surface area (Å²) in [5.41, 5.74) is 0. The first-order valence-corrected chi connectivity index (χ1v) is 7.35. The van der Waals surface area contributed by atoms with Gasteiger partial charge >= 0.3 is 5.97 Å². The SMILES string of the molecule is CC(C)C1CN(C(=O)CC2COC(=O)C2)C1C(C)C. The van der Waals surface area contributed by atoms with E-state index in [-0.39, 0.29) is 17.8 Å². The second-order valence-corrected chi connectivity index (χ2v) is 6.65. The highest BCUT2D eigenvalue weighted by Crippen LogP contribution is 2.36. The van der Waals surface area contributed by atoms with Crippen molar-refractivity contribution in [2.45, 2.75) is 46.6 Å². The Morgan fingerprint density at radius 2 is 2.00 bits per heavy atom. The maximum atomic E-state index is 12.3. The summed E-state index contributed by atoms with van der Waals surface area (Å²) < 4.78 is 4.92. The lowest BCUT2D eigenvalue weighted by atomic mass is 9.74. The van der Waals surface area contributed by atoms with Crippen LogP contribution in [0.25, 0.3) is 0 Å². The lowest BCUT2D eigenvalue weighted by molar-refractivity contribution is -0.150. The fourth-order valence-corrected chi connectivity index (χ4v) is 3.34. The van der Waals surface area contributed by atoms with E-state index in [1.54, 1.807) is 0 Å². The number of rotatable bonds is 4. The molecule has 0 aromatic carbocycles. The first-order chi connectivity index (χ1) is 8.90. The fraction of sp³-hybridized carbons (Fsp3) is 0.867. The summed E-state index contributed by atoms with van der Waals surface area (Å²) in [6, 6.07) is 0.366. The van der Waals surface area contributed by atoms with Crippen LogP contribution >= 0.6 is 0 Å². The van der Waals surface area contributed by atoms with Crippen LogP contribution in [0.15, 0.2) is 0 Å². The Hall–Kier alpha value is -1.06. The second kappa shape index (κ2) is 5.51. The van der Waals surface area contributed by atoms with E-state index in [4.69, 9.17) is 4.74 Å². The molecule has 2 aliphatic heterocycles. The number of nitrogens with zero attached hydrogens (tertiary/aromatic N) is 1. The molecule has 4 heteroatoms. The van der Waals surface area contributed by atoms with Crippen molar-refractivity contribution in [3.63, 3.8) is 0 Å². The maximum Gasteiger partial charge on any atom is 0.306 e. The number of esters is 1. The number of hydrogen-bond acceptors (Lipinski definition) is 3. The summed E-state index contributed by atoms with van der Waals surface area (Å²) in [7, 11) is 0. The van der Waals surface area contributed by atoms with E-state index in [9.17, 15) is 9.59 Å². The number of carbonyl (C=O) groups is 2. The molecule has 0 aliphatic carbocycles. The van der Waals surface area contributed by atoms with E-state index < -0.39 is 0 Å². The van der Waals surface area contributed by atoms with Gasteiger partial charge < -0.3 is 9.64 Å². The highest BCUT2D eigenvalue weighted by molar-refractivity contribution is 5.79. The number of likely N-dealkylation sites (tertiary alicyclic amines) is 1. The highest BCUT2D eigenvalue weighted by atomic mass is 16.5. The molecule has 2 aliphatic rings. The molecular formula is C15H25NO3. The van der Waals surface area contributed by atoms with E-state index in [1.165, 1.54) is 0 Å². The van der Waals surface area contributed by atoms with Crippen LogP contribution in [0.5, 0.6) is 0 Å². The largest absolute Gasteiger partial charge is 0.465 e. The average molecular weight is 267 g/mol. The Balaban J connectivity index is 1.91. The molecule has 1 amide bonds. The van der Waals surface area contributed by atoms with E-state index in [0.29, 0.717) is 43.2 Å². The average Bonchev–Trinajstić information content (AvgIpc) is 2.60. The quantitative estimate of drug-likeness (QED) is 0.733. The van der Waals surface area contributed by atoms with Crippen molar-refractivity contribution >= 4 is 11.9 Å². The molecule has 0 bridgehead atoms. The van der Waals surface area contributed by atoms with E-state index in [0.717, 1.165) is 6.54 Å². The maximum absolute atomic E-state index is 12.3. The molecule has 0 N–H and O–H groups in total. The van der Waals surface area contributed by atoms with Crippen LogP contribution in [0.3, 0.4) is 0 Å². The van der Waals surface area contributed by atoms with Gasteiger partial charge in [0.2, 0.25) is 5.91 Å². The van der Waals surface area contributed by atoms with Crippen molar-refractivity contribution in [3.8, 4) is 0 Å². The molecule has 108 valence electrons. The van der Waals surface area contributed by atoms with Gasteiger partial charge in [0.25, 0.3) is 0 Å². The predicted molar refractivity (Wildman–Crippen MR) is 72.4 cm³/mol. The minimum atomic E-state index is -0.165. The molecule has 19 heavy (non-hydrogen) atoms. The van der Waals surface area contributed by atoms with Crippen LogP contribution < -0.4 is 0 Å². The van der Waals surface area contributed by atoms with Crippen LogP contribution in [-0.2, 0) is 14.3 Å². The molecule has 2 rings (SSSR count). The third-order valence-electron chi connectivity index (χ3n) is 4.46. The van der Waals surface area contributed by atoms with E-state index in [2.05, 4.69) is 27.7 Å². The number of cyclic esters (lactones) is 1. The van der Waals surface area contributed by atoms with Gasteiger partial charge in [-0.2, -0.15) is 0 Å². The van der Waals surface area contributed by atoms with E-state index in [1.807, 2.05) is 4.90 Å². The van der Waals surface area contributed by atoms with Crippen molar-refractivity contribution in [1.82, 2.24) is 4.90 Å². The van der Waals surface area contributed by atoms with Gasteiger partial charge in [-0.1, -0.05) is 27.7 Å². The zero-order valence-corrected chi connectivity index (χ0v) is 12.4. The van der Waals surface area contributed by atoms with Gasteiger partial charge in [0.1, 0.15) is 0 Å². The molecule has 3 unspecified atom stereocenters. The van der Waals surface area contributed by atoms with E-state index >= 15 is 0 Å². The summed E-state index contributed by atoms with van der Waals surface area (Å²) in [4.78, 5) is 25.4. The number of ether oxygens (including phenoxy) is 1. The third-order valence-corrected chi connectivity index (χ3v) is 4.46. The Kier molecular flexibility index (Phi) is 4.16. The van der Waals surface area contributed by atoms with Gasteiger partial charge in [-0.25, -0.2) is 0 Å². The molecule has 4 nitrogen and oxygen atoms in total. The van der Waals surface area contributed by atoms with Crippen LogP contribution in [0.2, 0.25) is 0 Å². The first kappa shape index (κ1) is 14.4. The highest BCUT2D eigenvalue weighted by Gasteiger charge is 2.45. The minimum Gasteiger partial charge on any atom is -0.465 e. The zero-order valence-electron chi connectivity index (χ0n) is 12.4. The van der Waals surface area contributed by atoms with Gasteiger partial charge in [0.05, 0.1) is 13.0 Å². The molecule has 2 fully saturated rings. The summed E-state index contributed by atoms with van der Waals surface area (Å²) in [5.74, 6) is 1.84. The molecule has 0 aromatic rings. The number of carbonyl (C=O) groups excluding carboxylic acids is 2. The minimum absolute atomic E-state index is 0.0888.